The standard InChI is InChI=1S/C11H12ClF2N3O/c12-7-1-2-8-9(5-7)17(11(15)16-8)3-4-18-6-10(13)14/h1-2,5,10H,3-4,6H2,(H2,15,16). The molecule has 4 nitrogen and oxygen atoms in total. The van der Waals surface area contributed by atoms with Crippen molar-refractivity contribution in [2.75, 3.05) is 18.9 Å². The maximum Gasteiger partial charge on any atom is 0.261 e. The van der Waals surface area contributed by atoms with Gasteiger partial charge in [0.2, 0.25) is 5.95 Å². The van der Waals surface area contributed by atoms with Crippen LogP contribution in [0.25, 0.3) is 11.0 Å². The van der Waals surface area contributed by atoms with E-state index >= 15 is 0 Å². The van der Waals surface area contributed by atoms with Gasteiger partial charge in [0, 0.05) is 11.6 Å². The molecule has 0 aliphatic heterocycles. The lowest BCUT2D eigenvalue weighted by atomic mass is 10.3. The molecule has 0 atom stereocenters. The van der Waals surface area contributed by atoms with Gasteiger partial charge in [-0.15, -0.1) is 0 Å². The SMILES string of the molecule is Nc1nc2ccc(Cl)cc2n1CCOCC(F)F. The minimum atomic E-state index is -2.46. The van der Waals surface area contributed by atoms with E-state index in [9.17, 15) is 8.78 Å². The van der Waals surface area contributed by atoms with Crippen molar-refractivity contribution in [3.8, 4) is 0 Å². The molecule has 1 aromatic carbocycles. The van der Waals surface area contributed by atoms with Crippen molar-refractivity contribution in [3.63, 3.8) is 0 Å². The van der Waals surface area contributed by atoms with Crippen LogP contribution in [0.15, 0.2) is 18.2 Å². The zero-order valence-corrected chi connectivity index (χ0v) is 10.2. The van der Waals surface area contributed by atoms with Gasteiger partial charge in [0.25, 0.3) is 6.43 Å². The van der Waals surface area contributed by atoms with Crippen molar-refractivity contribution in [2.24, 2.45) is 0 Å². The molecule has 2 N–H and O–H groups in total. The molecule has 0 fully saturated rings. The van der Waals surface area contributed by atoms with Crippen molar-refractivity contribution >= 4 is 28.6 Å². The Balaban J connectivity index is 2.12. The molecular weight excluding hydrogens is 264 g/mol. The van der Waals surface area contributed by atoms with Gasteiger partial charge >= 0.3 is 0 Å². The molecule has 2 rings (SSSR count). The van der Waals surface area contributed by atoms with Crippen LogP contribution in [0.5, 0.6) is 0 Å². The number of nitrogens with two attached hydrogens (primary N) is 1. The number of anilines is 1. The van der Waals surface area contributed by atoms with Gasteiger partial charge in [0.05, 0.1) is 17.6 Å². The smallest absolute Gasteiger partial charge is 0.261 e. The van der Waals surface area contributed by atoms with Gasteiger partial charge in [-0.3, -0.25) is 0 Å². The summed E-state index contributed by atoms with van der Waals surface area (Å²) in [5, 5.41) is 0.567. The van der Waals surface area contributed by atoms with Gasteiger partial charge in [0.15, 0.2) is 0 Å². The van der Waals surface area contributed by atoms with Gasteiger partial charge in [-0.2, -0.15) is 0 Å². The second kappa shape index (κ2) is 5.49. The summed E-state index contributed by atoms with van der Waals surface area (Å²) in [6.07, 6.45) is -2.46. The Morgan fingerprint density at radius 2 is 2.22 bits per heavy atom. The molecule has 0 amide bonds. The minimum absolute atomic E-state index is 0.145. The highest BCUT2D eigenvalue weighted by Crippen LogP contribution is 2.21. The molecule has 7 heteroatoms. The summed E-state index contributed by atoms with van der Waals surface area (Å²) >= 11 is 5.89. The second-order valence-corrected chi connectivity index (χ2v) is 4.16. The molecule has 0 radical (unpaired) electrons. The van der Waals surface area contributed by atoms with E-state index in [2.05, 4.69) is 4.98 Å². The van der Waals surface area contributed by atoms with Crippen molar-refractivity contribution in [1.29, 1.82) is 0 Å². The average molecular weight is 276 g/mol. The summed E-state index contributed by atoms with van der Waals surface area (Å²) in [4.78, 5) is 4.15. The lowest BCUT2D eigenvalue weighted by Crippen LogP contribution is -2.12. The van der Waals surface area contributed by atoms with Crippen LogP contribution in [0.2, 0.25) is 5.02 Å². The van der Waals surface area contributed by atoms with E-state index in [1.165, 1.54) is 0 Å². The largest absolute Gasteiger partial charge is 0.374 e. The summed E-state index contributed by atoms with van der Waals surface area (Å²) in [7, 11) is 0. The zero-order chi connectivity index (χ0) is 13.1. The molecule has 0 unspecified atom stereocenters. The number of ether oxygens (including phenoxy) is 1. The molecule has 1 aromatic heterocycles. The molecule has 0 saturated carbocycles. The summed E-state index contributed by atoms with van der Waals surface area (Å²) < 4.78 is 30.3. The second-order valence-electron chi connectivity index (χ2n) is 3.72. The lowest BCUT2D eigenvalue weighted by Gasteiger charge is -2.07. The highest BCUT2D eigenvalue weighted by Gasteiger charge is 2.09. The van der Waals surface area contributed by atoms with Gasteiger partial charge in [-0.1, -0.05) is 11.6 Å². The molecule has 0 aliphatic rings. The summed E-state index contributed by atoms with van der Waals surface area (Å²) in [6, 6.07) is 5.20. The summed E-state index contributed by atoms with van der Waals surface area (Å²) in [5.74, 6) is 0.313. The normalized spacial score (nSPS) is 11.6. The van der Waals surface area contributed by atoms with Crippen LogP contribution in [-0.4, -0.2) is 29.2 Å². The number of rotatable bonds is 5. The number of alkyl halides is 2. The zero-order valence-electron chi connectivity index (χ0n) is 9.44. The van der Waals surface area contributed by atoms with Gasteiger partial charge in [0.1, 0.15) is 6.61 Å². The fourth-order valence-electron chi connectivity index (χ4n) is 1.68. The quantitative estimate of drug-likeness (QED) is 0.853. The van der Waals surface area contributed by atoms with Crippen molar-refractivity contribution in [2.45, 2.75) is 13.0 Å². The van der Waals surface area contributed by atoms with Crippen LogP contribution >= 0.6 is 11.6 Å². The molecule has 18 heavy (non-hydrogen) atoms. The Labute approximate surface area is 107 Å². The number of hydrogen-bond acceptors (Lipinski definition) is 3. The molecule has 1 heterocycles. The molecular formula is C11H12ClF2N3O. The first-order valence-electron chi connectivity index (χ1n) is 5.35. The number of hydrogen-bond donors (Lipinski definition) is 1. The first kappa shape index (κ1) is 13.0. The fraction of sp³-hybridized carbons (Fsp3) is 0.364. The Morgan fingerprint density at radius 3 is 2.94 bits per heavy atom. The van der Waals surface area contributed by atoms with E-state index in [0.29, 0.717) is 23.0 Å². The predicted octanol–water partition coefficient (Wildman–Crippen LogP) is 2.55. The number of nitrogen functional groups attached to an aromatic ring is 1. The number of aromatic nitrogens is 2. The van der Waals surface area contributed by atoms with Crippen molar-refractivity contribution in [3.05, 3.63) is 23.2 Å². The van der Waals surface area contributed by atoms with Crippen LogP contribution in [0.1, 0.15) is 0 Å². The first-order chi connectivity index (χ1) is 8.58. The first-order valence-corrected chi connectivity index (χ1v) is 5.73. The number of halogens is 3. The number of benzene rings is 1. The third-order valence-corrected chi connectivity index (χ3v) is 2.68. The van der Waals surface area contributed by atoms with Crippen molar-refractivity contribution < 1.29 is 13.5 Å². The van der Waals surface area contributed by atoms with Crippen molar-refractivity contribution in [1.82, 2.24) is 9.55 Å². The Kier molecular flexibility index (Phi) is 3.98. The number of imidazole rings is 1. The summed E-state index contributed by atoms with van der Waals surface area (Å²) in [5.41, 5.74) is 7.23. The maximum absolute atomic E-state index is 11.9. The molecule has 0 saturated heterocycles. The van der Waals surface area contributed by atoms with Crippen LogP contribution < -0.4 is 5.73 Å². The minimum Gasteiger partial charge on any atom is -0.374 e. The molecule has 0 aliphatic carbocycles. The topological polar surface area (TPSA) is 53.1 Å². The van der Waals surface area contributed by atoms with Crippen LogP contribution in [0.3, 0.4) is 0 Å². The van der Waals surface area contributed by atoms with Crippen LogP contribution in [0.4, 0.5) is 14.7 Å². The number of fused-ring (bicyclic) bond motifs is 1. The van der Waals surface area contributed by atoms with Crippen LogP contribution in [-0.2, 0) is 11.3 Å². The highest BCUT2D eigenvalue weighted by molar-refractivity contribution is 6.31. The van der Waals surface area contributed by atoms with E-state index in [1.807, 2.05) is 0 Å². The lowest BCUT2D eigenvalue weighted by molar-refractivity contribution is 0.0151. The third kappa shape index (κ3) is 2.88. The maximum atomic E-state index is 11.9. The van der Waals surface area contributed by atoms with E-state index in [-0.39, 0.29) is 6.61 Å². The number of nitrogens with zero attached hydrogens (tertiary/aromatic N) is 2. The van der Waals surface area contributed by atoms with Gasteiger partial charge in [-0.25, -0.2) is 13.8 Å². The fourth-order valence-corrected chi connectivity index (χ4v) is 1.84. The van der Waals surface area contributed by atoms with Gasteiger partial charge < -0.3 is 15.0 Å². The van der Waals surface area contributed by atoms with Gasteiger partial charge in [-0.05, 0) is 18.2 Å². The summed E-state index contributed by atoms with van der Waals surface area (Å²) in [6.45, 7) is -0.0742. The molecule has 0 bridgehead atoms. The Morgan fingerprint density at radius 1 is 1.44 bits per heavy atom. The average Bonchev–Trinajstić information content (AvgIpc) is 2.60. The van der Waals surface area contributed by atoms with Crippen LogP contribution in [0, 0.1) is 0 Å². The molecule has 98 valence electrons. The predicted molar refractivity (Wildman–Crippen MR) is 66.0 cm³/mol. The van der Waals surface area contributed by atoms with E-state index < -0.39 is 13.0 Å². The Hall–Kier alpha value is -1.40. The molecule has 2 aromatic rings. The van der Waals surface area contributed by atoms with E-state index in [0.717, 1.165) is 5.52 Å². The monoisotopic (exact) mass is 275 g/mol. The molecule has 0 spiro atoms. The van der Waals surface area contributed by atoms with E-state index in [1.54, 1.807) is 22.8 Å². The van der Waals surface area contributed by atoms with E-state index in [4.69, 9.17) is 22.1 Å². The highest BCUT2D eigenvalue weighted by atomic mass is 35.5. The third-order valence-electron chi connectivity index (χ3n) is 2.44. The Bertz CT molecular complexity index is 544.